The summed E-state index contributed by atoms with van der Waals surface area (Å²) < 4.78 is 13.9. The molecule has 2 aliphatic rings. The lowest BCUT2D eigenvalue weighted by atomic mass is 9.98. The molecule has 3 aromatic carbocycles. The highest BCUT2D eigenvalue weighted by atomic mass is 19.1. The van der Waals surface area contributed by atoms with Gasteiger partial charge < -0.3 is 25.3 Å². The maximum absolute atomic E-state index is 13.9. The zero-order chi connectivity index (χ0) is 28.2. The molecule has 1 saturated heterocycles. The monoisotopic (exact) mass is 541 g/mol. The Kier molecular flexibility index (Phi) is 8.28. The molecule has 208 valence electrons. The van der Waals surface area contributed by atoms with Crippen LogP contribution in [-0.4, -0.2) is 73.8 Å². The van der Waals surface area contributed by atoms with Crippen molar-refractivity contribution in [3.63, 3.8) is 0 Å². The minimum absolute atomic E-state index is 0.186. The van der Waals surface area contributed by atoms with Gasteiger partial charge in [0.15, 0.2) is 0 Å². The smallest absolute Gasteiger partial charge is 0.258 e. The van der Waals surface area contributed by atoms with E-state index in [2.05, 4.69) is 39.6 Å². The predicted octanol–water partition coefficient (Wildman–Crippen LogP) is 4.53. The number of amides is 2. The van der Waals surface area contributed by atoms with E-state index in [1.165, 1.54) is 17.7 Å². The lowest BCUT2D eigenvalue weighted by molar-refractivity contribution is -0.132. The first-order chi connectivity index (χ1) is 19.3. The number of nitrogens with zero attached hydrogens (tertiary/aromatic N) is 3. The lowest BCUT2D eigenvalue weighted by Crippen LogP contribution is -2.47. The minimum atomic E-state index is -0.401. The highest BCUT2D eigenvalue weighted by Crippen LogP contribution is 2.38. The lowest BCUT2D eigenvalue weighted by Gasteiger charge is -2.32. The van der Waals surface area contributed by atoms with Crippen LogP contribution in [0.4, 0.5) is 15.8 Å². The molecule has 2 amide bonds. The maximum Gasteiger partial charge on any atom is 0.258 e. The van der Waals surface area contributed by atoms with Crippen LogP contribution in [0.25, 0.3) is 11.3 Å². The van der Waals surface area contributed by atoms with Gasteiger partial charge in [-0.15, -0.1) is 0 Å². The Bertz CT molecular complexity index is 1410. The van der Waals surface area contributed by atoms with Gasteiger partial charge in [0.05, 0.1) is 17.0 Å². The summed E-state index contributed by atoms with van der Waals surface area (Å²) in [6, 6.07) is 20.4. The zero-order valence-electron chi connectivity index (χ0n) is 23.3. The third-order valence-corrected chi connectivity index (χ3v) is 7.42. The summed E-state index contributed by atoms with van der Waals surface area (Å²) in [6.07, 6.45) is 1.12. The van der Waals surface area contributed by atoms with E-state index in [1.54, 1.807) is 6.07 Å². The Morgan fingerprint density at radius 3 is 2.30 bits per heavy atom. The van der Waals surface area contributed by atoms with Gasteiger partial charge in [0.25, 0.3) is 5.91 Å². The first-order valence-corrected chi connectivity index (χ1v) is 13.7. The average molecular weight is 542 g/mol. The zero-order valence-corrected chi connectivity index (χ0v) is 23.3. The van der Waals surface area contributed by atoms with Crippen LogP contribution in [0.15, 0.2) is 66.7 Å². The summed E-state index contributed by atoms with van der Waals surface area (Å²) in [4.78, 5) is 32.2. The van der Waals surface area contributed by atoms with Crippen LogP contribution in [-0.2, 0) is 22.6 Å². The molecule has 40 heavy (non-hydrogen) atoms. The molecule has 0 aliphatic carbocycles. The Morgan fingerprint density at radius 2 is 1.62 bits per heavy atom. The van der Waals surface area contributed by atoms with E-state index in [0.29, 0.717) is 35.4 Å². The van der Waals surface area contributed by atoms with Gasteiger partial charge in [0.2, 0.25) is 5.91 Å². The van der Waals surface area contributed by atoms with E-state index < -0.39 is 5.82 Å². The van der Waals surface area contributed by atoms with E-state index >= 15 is 0 Å². The second-order valence-electron chi connectivity index (χ2n) is 10.8. The standard InChI is InChI=1S/C32H36FN5O2/c1-36(2)21-23-6-12-26(13-7-23)34-31(30-27-14-11-25(33)20-28(27)35-32(30)40)24-9-4-22(5-10-24)8-15-29(39)38-18-16-37(3)17-19-38/h4-7,9-14,20,34H,8,15-19,21H2,1-3H3,(H,35,40). The number of nitrogens with one attached hydrogen (secondary N) is 2. The van der Waals surface area contributed by atoms with Gasteiger partial charge in [-0.2, -0.15) is 0 Å². The summed E-state index contributed by atoms with van der Waals surface area (Å²) in [5.41, 5.74) is 6.12. The fourth-order valence-electron chi connectivity index (χ4n) is 5.18. The quantitative estimate of drug-likeness (QED) is 0.411. The summed E-state index contributed by atoms with van der Waals surface area (Å²) in [5.74, 6) is -0.498. The Hall–Kier alpha value is -4.01. The molecule has 0 spiro atoms. The van der Waals surface area contributed by atoms with Crippen LogP contribution >= 0.6 is 0 Å². The number of piperazine rings is 1. The van der Waals surface area contributed by atoms with Gasteiger partial charge in [-0.3, -0.25) is 9.59 Å². The second kappa shape index (κ2) is 12.0. The molecule has 0 aromatic heterocycles. The summed E-state index contributed by atoms with van der Waals surface area (Å²) in [7, 11) is 6.13. The topological polar surface area (TPSA) is 67.9 Å². The fourth-order valence-corrected chi connectivity index (χ4v) is 5.18. The van der Waals surface area contributed by atoms with Gasteiger partial charge in [0, 0.05) is 50.4 Å². The molecule has 0 bridgehead atoms. The van der Waals surface area contributed by atoms with Crippen molar-refractivity contribution < 1.29 is 14.0 Å². The normalized spacial score (nSPS) is 16.6. The SMILES string of the molecule is CN(C)Cc1ccc(NC(=C2C(=O)Nc3cc(F)ccc32)c2ccc(CCC(=O)N3CCN(C)CC3)cc2)cc1. The number of aryl methyl sites for hydroxylation is 1. The number of benzene rings is 3. The number of anilines is 2. The van der Waals surface area contributed by atoms with Gasteiger partial charge in [-0.05, 0) is 74.6 Å². The molecule has 0 unspecified atom stereocenters. The number of hydrogen-bond acceptors (Lipinski definition) is 5. The van der Waals surface area contributed by atoms with Crippen LogP contribution in [0.5, 0.6) is 0 Å². The van der Waals surface area contributed by atoms with Crippen molar-refractivity contribution >= 4 is 34.5 Å². The number of carbonyl (C=O) groups is 2. The molecule has 8 heteroatoms. The van der Waals surface area contributed by atoms with E-state index in [4.69, 9.17) is 0 Å². The van der Waals surface area contributed by atoms with E-state index in [1.807, 2.05) is 55.4 Å². The van der Waals surface area contributed by atoms with E-state index in [9.17, 15) is 14.0 Å². The van der Waals surface area contributed by atoms with Crippen molar-refractivity contribution in [2.45, 2.75) is 19.4 Å². The van der Waals surface area contributed by atoms with Crippen molar-refractivity contribution in [1.29, 1.82) is 0 Å². The number of hydrogen-bond donors (Lipinski definition) is 2. The Balaban J connectivity index is 1.40. The average Bonchev–Trinajstić information content (AvgIpc) is 3.26. The van der Waals surface area contributed by atoms with Crippen LogP contribution < -0.4 is 10.6 Å². The van der Waals surface area contributed by atoms with Gasteiger partial charge in [0.1, 0.15) is 5.82 Å². The molecule has 7 nitrogen and oxygen atoms in total. The first-order valence-electron chi connectivity index (χ1n) is 13.7. The highest BCUT2D eigenvalue weighted by molar-refractivity contribution is 6.37. The molecule has 2 heterocycles. The van der Waals surface area contributed by atoms with Crippen molar-refractivity contribution in [3.05, 3.63) is 94.8 Å². The summed E-state index contributed by atoms with van der Waals surface area (Å²) in [5, 5.41) is 6.27. The van der Waals surface area contributed by atoms with Gasteiger partial charge >= 0.3 is 0 Å². The second-order valence-corrected chi connectivity index (χ2v) is 10.8. The van der Waals surface area contributed by atoms with Crippen LogP contribution in [0.1, 0.15) is 28.7 Å². The van der Waals surface area contributed by atoms with Crippen LogP contribution in [0, 0.1) is 5.82 Å². The number of halogens is 1. The minimum Gasteiger partial charge on any atom is -0.354 e. The molecule has 0 atom stereocenters. The van der Waals surface area contributed by atoms with Gasteiger partial charge in [-0.25, -0.2) is 4.39 Å². The Morgan fingerprint density at radius 1 is 0.950 bits per heavy atom. The number of rotatable bonds is 8. The van der Waals surface area contributed by atoms with Gasteiger partial charge in [-0.1, -0.05) is 36.4 Å². The van der Waals surface area contributed by atoms with E-state index in [-0.39, 0.29) is 11.8 Å². The highest BCUT2D eigenvalue weighted by Gasteiger charge is 2.29. The van der Waals surface area contributed by atoms with Crippen molar-refractivity contribution in [1.82, 2.24) is 14.7 Å². The molecular weight excluding hydrogens is 505 g/mol. The molecule has 5 rings (SSSR count). The molecule has 1 fully saturated rings. The number of fused-ring (bicyclic) bond motifs is 1. The third kappa shape index (κ3) is 6.41. The molecule has 2 aliphatic heterocycles. The third-order valence-electron chi connectivity index (χ3n) is 7.42. The van der Waals surface area contributed by atoms with Crippen molar-refractivity contribution in [2.24, 2.45) is 0 Å². The summed E-state index contributed by atoms with van der Waals surface area (Å²) >= 11 is 0. The summed E-state index contributed by atoms with van der Waals surface area (Å²) in [6.45, 7) is 4.20. The maximum atomic E-state index is 13.9. The first kappa shape index (κ1) is 27.6. The van der Waals surface area contributed by atoms with Crippen LogP contribution in [0.2, 0.25) is 0 Å². The Labute approximate surface area is 235 Å². The number of likely N-dealkylation sites (N-methyl/N-ethyl adjacent to an activating group) is 1. The number of carbonyl (C=O) groups excluding carboxylic acids is 2. The van der Waals surface area contributed by atoms with E-state index in [0.717, 1.165) is 49.5 Å². The largest absolute Gasteiger partial charge is 0.354 e. The fraction of sp³-hybridized carbons (Fsp3) is 0.312. The predicted molar refractivity (Wildman–Crippen MR) is 158 cm³/mol. The molecular formula is C32H36FN5O2. The van der Waals surface area contributed by atoms with Crippen molar-refractivity contribution in [3.8, 4) is 0 Å². The van der Waals surface area contributed by atoms with Crippen molar-refractivity contribution in [2.75, 3.05) is 58.0 Å². The van der Waals surface area contributed by atoms with Crippen LogP contribution in [0.3, 0.4) is 0 Å². The molecule has 0 saturated carbocycles. The molecule has 3 aromatic rings. The molecule has 2 N–H and O–H groups in total. The molecule has 0 radical (unpaired) electrons.